The summed E-state index contributed by atoms with van der Waals surface area (Å²) in [5.74, 6) is -0.728. The number of amides is 1. The van der Waals surface area contributed by atoms with E-state index in [1.807, 2.05) is 0 Å². The molecule has 4 rings (SSSR count). The lowest BCUT2D eigenvalue weighted by molar-refractivity contribution is -0.137. The van der Waals surface area contributed by atoms with Crippen molar-refractivity contribution in [3.05, 3.63) is 94.8 Å². The average molecular weight is 532 g/mol. The zero-order valence-corrected chi connectivity index (χ0v) is 19.8. The predicted octanol–water partition coefficient (Wildman–Crippen LogP) is 6.43. The molecule has 1 amide bonds. The van der Waals surface area contributed by atoms with Crippen LogP contribution < -0.4 is 15.4 Å². The van der Waals surface area contributed by atoms with E-state index in [4.69, 9.17) is 16.3 Å². The molecule has 0 atom stereocenters. The molecular weight excluding hydrogens is 514 g/mol. The number of aromatic amines is 1. The van der Waals surface area contributed by atoms with Crippen molar-refractivity contribution >= 4 is 35.0 Å². The van der Waals surface area contributed by atoms with Crippen LogP contribution in [0.1, 0.15) is 15.9 Å². The number of rotatable bonds is 5. The van der Waals surface area contributed by atoms with Gasteiger partial charge in [-0.1, -0.05) is 11.6 Å². The summed E-state index contributed by atoms with van der Waals surface area (Å²) in [6, 6.07) is 16.0. The van der Waals surface area contributed by atoms with Crippen LogP contribution in [0.15, 0.2) is 77.8 Å². The van der Waals surface area contributed by atoms with Crippen LogP contribution in [0.4, 0.5) is 29.1 Å². The maximum Gasteiger partial charge on any atom is 0.416 e. The molecule has 3 aromatic carbocycles. The van der Waals surface area contributed by atoms with Crippen molar-refractivity contribution in [2.75, 3.05) is 12.4 Å². The van der Waals surface area contributed by atoms with Crippen molar-refractivity contribution < 1.29 is 27.1 Å². The van der Waals surface area contributed by atoms with Gasteiger partial charge in [0.05, 0.1) is 18.4 Å². The number of nitrogens with one attached hydrogen (secondary N) is 3. The third-order valence-electron chi connectivity index (χ3n) is 5.02. The summed E-state index contributed by atoms with van der Waals surface area (Å²) in [6.07, 6.45) is -4.54. The number of hydrogen-bond acceptors (Lipinski definition) is 4. The summed E-state index contributed by atoms with van der Waals surface area (Å²) in [5, 5.41) is 12.3. The average Bonchev–Trinajstić information content (AvgIpc) is 3.31. The molecule has 4 aromatic rings. The molecule has 7 nitrogen and oxygen atoms in total. The first-order valence-electron chi connectivity index (χ1n) is 10.6. The number of alkyl halides is 3. The van der Waals surface area contributed by atoms with Crippen molar-refractivity contribution in [2.24, 2.45) is 4.99 Å². The van der Waals surface area contributed by atoms with Gasteiger partial charge in [-0.3, -0.25) is 15.2 Å². The van der Waals surface area contributed by atoms with Gasteiger partial charge in [0.1, 0.15) is 11.6 Å². The van der Waals surface area contributed by atoms with Gasteiger partial charge in [-0.05, 0) is 72.3 Å². The molecule has 0 saturated carbocycles. The fourth-order valence-electron chi connectivity index (χ4n) is 3.24. The van der Waals surface area contributed by atoms with Crippen molar-refractivity contribution in [2.45, 2.75) is 6.18 Å². The van der Waals surface area contributed by atoms with E-state index >= 15 is 0 Å². The zero-order chi connectivity index (χ0) is 26.6. The quantitative estimate of drug-likeness (QED) is 0.157. The van der Waals surface area contributed by atoms with Crippen molar-refractivity contribution in [3.8, 4) is 17.0 Å². The van der Waals surface area contributed by atoms with Crippen molar-refractivity contribution in [1.29, 1.82) is 0 Å². The van der Waals surface area contributed by atoms with Crippen LogP contribution in [-0.2, 0) is 6.18 Å². The van der Waals surface area contributed by atoms with Gasteiger partial charge in [0.25, 0.3) is 5.91 Å². The Labute approximate surface area is 213 Å². The van der Waals surface area contributed by atoms with Crippen LogP contribution in [0, 0.1) is 5.82 Å². The monoisotopic (exact) mass is 531 g/mol. The van der Waals surface area contributed by atoms with Crippen molar-refractivity contribution in [3.63, 3.8) is 0 Å². The number of aromatic nitrogens is 2. The Hall–Kier alpha value is -4.38. The first-order valence-corrected chi connectivity index (χ1v) is 11.0. The van der Waals surface area contributed by atoms with Gasteiger partial charge >= 0.3 is 6.18 Å². The first-order chi connectivity index (χ1) is 17.6. The molecule has 3 N–H and O–H groups in total. The number of nitrogens with zero attached hydrogens (tertiary/aromatic N) is 2. The molecule has 1 aromatic heterocycles. The maximum atomic E-state index is 13.8. The maximum absolute atomic E-state index is 13.8. The highest BCUT2D eigenvalue weighted by atomic mass is 35.5. The van der Waals surface area contributed by atoms with Crippen LogP contribution in [-0.4, -0.2) is 29.2 Å². The molecule has 0 aliphatic rings. The first kappa shape index (κ1) is 25.7. The molecule has 190 valence electrons. The van der Waals surface area contributed by atoms with E-state index < -0.39 is 23.5 Å². The molecule has 0 bridgehead atoms. The summed E-state index contributed by atoms with van der Waals surface area (Å²) in [7, 11) is 1.55. The lowest BCUT2D eigenvalue weighted by Crippen LogP contribution is -2.35. The van der Waals surface area contributed by atoms with Gasteiger partial charge in [0.15, 0.2) is 5.82 Å². The van der Waals surface area contributed by atoms with Gasteiger partial charge in [-0.25, -0.2) is 4.39 Å². The number of carbonyl (C=O) groups excluding carboxylic acids is 1. The molecule has 0 unspecified atom stereocenters. The summed E-state index contributed by atoms with van der Waals surface area (Å²) in [6.45, 7) is 0. The highest BCUT2D eigenvalue weighted by Gasteiger charge is 2.30. The van der Waals surface area contributed by atoms with Gasteiger partial charge < -0.3 is 10.1 Å². The largest absolute Gasteiger partial charge is 0.497 e. The molecule has 0 aliphatic heterocycles. The minimum atomic E-state index is -4.54. The minimum Gasteiger partial charge on any atom is -0.497 e. The second-order valence-corrected chi connectivity index (χ2v) is 8.08. The van der Waals surface area contributed by atoms with Crippen LogP contribution in [0.2, 0.25) is 5.02 Å². The number of anilines is 1. The molecule has 12 heteroatoms. The number of aliphatic imine (C=N–C) groups is 1. The van der Waals surface area contributed by atoms with E-state index in [0.29, 0.717) is 11.4 Å². The Morgan fingerprint density at radius 3 is 2.35 bits per heavy atom. The number of ether oxygens (including phenoxy) is 1. The molecule has 0 aliphatic carbocycles. The Morgan fingerprint density at radius 1 is 1.03 bits per heavy atom. The van der Waals surface area contributed by atoms with Gasteiger partial charge in [0, 0.05) is 22.3 Å². The smallest absolute Gasteiger partial charge is 0.416 e. The molecule has 0 radical (unpaired) electrons. The topological polar surface area (TPSA) is 91.4 Å². The number of methoxy groups -OCH3 is 1. The Morgan fingerprint density at radius 2 is 1.73 bits per heavy atom. The van der Waals surface area contributed by atoms with E-state index in [1.54, 1.807) is 37.4 Å². The predicted molar refractivity (Wildman–Crippen MR) is 132 cm³/mol. The molecule has 37 heavy (non-hydrogen) atoms. The number of carbonyl (C=O) groups is 1. The Balaban J connectivity index is 1.62. The van der Waals surface area contributed by atoms with Gasteiger partial charge in [-0.2, -0.15) is 23.3 Å². The SMILES string of the molecule is COc1ccc(-c2cc(N=C(NC(=O)c3ccc(C(F)(F)F)cc3)Nc3cc(F)cc(Cl)c3)n[nH]2)cc1. The number of benzene rings is 3. The minimum absolute atomic E-state index is 0.0549. The van der Waals surface area contributed by atoms with E-state index in [9.17, 15) is 22.4 Å². The summed E-state index contributed by atoms with van der Waals surface area (Å²) in [4.78, 5) is 17.0. The van der Waals surface area contributed by atoms with Crippen LogP contribution in [0.3, 0.4) is 0 Å². The number of hydrogen-bond donors (Lipinski definition) is 3. The highest BCUT2D eigenvalue weighted by Crippen LogP contribution is 2.29. The normalized spacial score (nSPS) is 11.8. The number of halogens is 5. The van der Waals surface area contributed by atoms with Gasteiger partial charge in [-0.15, -0.1) is 0 Å². The van der Waals surface area contributed by atoms with Crippen LogP contribution in [0.25, 0.3) is 11.3 Å². The molecule has 0 fully saturated rings. The molecule has 0 saturated heterocycles. The summed E-state index contributed by atoms with van der Waals surface area (Å²) in [5.41, 5.74) is 0.620. The van der Waals surface area contributed by atoms with Crippen molar-refractivity contribution in [1.82, 2.24) is 15.5 Å². The second kappa shape index (κ2) is 10.7. The Bertz CT molecular complexity index is 1410. The molecular formula is C25H18ClF4N5O2. The fraction of sp³-hybridized carbons (Fsp3) is 0.0800. The number of H-pyrrole nitrogens is 1. The van der Waals surface area contributed by atoms with Crippen LogP contribution >= 0.6 is 11.6 Å². The second-order valence-electron chi connectivity index (χ2n) is 7.64. The third kappa shape index (κ3) is 6.64. The van der Waals surface area contributed by atoms with E-state index in [1.165, 1.54) is 6.07 Å². The van der Waals surface area contributed by atoms with E-state index in [0.717, 1.165) is 42.0 Å². The zero-order valence-electron chi connectivity index (χ0n) is 19.0. The fourth-order valence-corrected chi connectivity index (χ4v) is 3.46. The van der Waals surface area contributed by atoms with Crippen LogP contribution in [0.5, 0.6) is 5.75 Å². The molecule has 0 spiro atoms. The van der Waals surface area contributed by atoms with E-state index in [-0.39, 0.29) is 28.1 Å². The summed E-state index contributed by atoms with van der Waals surface area (Å²) < 4.78 is 57.6. The van der Waals surface area contributed by atoms with E-state index in [2.05, 4.69) is 25.8 Å². The van der Waals surface area contributed by atoms with Gasteiger partial charge in [0.2, 0.25) is 5.96 Å². The lowest BCUT2D eigenvalue weighted by atomic mass is 10.1. The lowest BCUT2D eigenvalue weighted by Gasteiger charge is -2.12. The summed E-state index contributed by atoms with van der Waals surface area (Å²) >= 11 is 5.91. The highest BCUT2D eigenvalue weighted by molar-refractivity contribution is 6.31. The number of guanidine groups is 1. The third-order valence-corrected chi connectivity index (χ3v) is 5.24. The molecule has 1 heterocycles. The Kier molecular flexibility index (Phi) is 7.44. The standard InChI is InChI=1S/C25H18ClF4N5O2/c1-37-20-8-4-14(5-9-20)21-13-22(35-34-21)32-24(31-19-11-17(26)10-18(27)12-19)33-23(36)15-2-6-16(7-3-15)25(28,29)30/h2-13H,1H3,(H3,31,32,33,34,35,36).